The number of rotatable bonds is 3. The number of hydrogen-bond donors (Lipinski definition) is 2. The molecular weight excluding hydrogens is 266 g/mol. The zero-order valence-corrected chi connectivity index (χ0v) is 12.0. The molecule has 0 amide bonds. The fourth-order valence-corrected chi connectivity index (χ4v) is 2.79. The second-order valence-corrected chi connectivity index (χ2v) is 5.60. The number of para-hydroxylation sites is 1. The molecule has 0 spiro atoms. The van der Waals surface area contributed by atoms with Crippen LogP contribution >= 0.6 is 0 Å². The van der Waals surface area contributed by atoms with Crippen molar-refractivity contribution in [2.75, 3.05) is 25.5 Å². The Hall–Kier alpha value is -2.14. The molecule has 0 saturated carbocycles. The summed E-state index contributed by atoms with van der Waals surface area (Å²) in [6.45, 7) is 2.11. The average molecular weight is 285 g/mol. The Bertz CT molecular complexity index is 664. The number of nitrogens with one attached hydrogen (secondary N) is 1. The van der Waals surface area contributed by atoms with Crippen LogP contribution in [0.1, 0.15) is 23.2 Å². The quantitative estimate of drug-likeness (QED) is 0.906. The number of nitrogens with zero attached hydrogens (tertiary/aromatic N) is 2. The number of carboxylic acid groups (broad SMARTS) is 1. The minimum absolute atomic E-state index is 0.302. The van der Waals surface area contributed by atoms with E-state index in [1.807, 2.05) is 18.2 Å². The number of pyridine rings is 1. The lowest BCUT2D eigenvalue weighted by molar-refractivity contribution is 0.0699. The lowest BCUT2D eigenvalue weighted by atomic mass is 10.0. The van der Waals surface area contributed by atoms with Crippen molar-refractivity contribution in [1.82, 2.24) is 9.88 Å². The van der Waals surface area contributed by atoms with Crippen LogP contribution in [0.3, 0.4) is 0 Å². The number of benzene rings is 1. The molecule has 0 bridgehead atoms. The van der Waals surface area contributed by atoms with Gasteiger partial charge in [0.05, 0.1) is 11.1 Å². The van der Waals surface area contributed by atoms with Gasteiger partial charge in [-0.25, -0.2) is 9.78 Å². The first-order chi connectivity index (χ1) is 10.1. The van der Waals surface area contributed by atoms with Gasteiger partial charge in [-0.15, -0.1) is 0 Å². The molecule has 0 radical (unpaired) electrons. The second-order valence-electron chi connectivity index (χ2n) is 5.60. The molecule has 1 aromatic carbocycles. The summed E-state index contributed by atoms with van der Waals surface area (Å²) in [7, 11) is 2.12. The van der Waals surface area contributed by atoms with E-state index >= 15 is 0 Å². The summed E-state index contributed by atoms with van der Waals surface area (Å²) in [4.78, 5) is 18.3. The summed E-state index contributed by atoms with van der Waals surface area (Å²) in [6.07, 6.45) is 2.10. The molecule has 1 fully saturated rings. The molecule has 21 heavy (non-hydrogen) atoms. The van der Waals surface area contributed by atoms with Gasteiger partial charge in [0.2, 0.25) is 0 Å². The van der Waals surface area contributed by atoms with Gasteiger partial charge in [0.1, 0.15) is 5.82 Å². The third-order valence-electron chi connectivity index (χ3n) is 4.02. The molecule has 3 rings (SSSR count). The number of fused-ring (bicyclic) bond motifs is 1. The van der Waals surface area contributed by atoms with Crippen LogP contribution < -0.4 is 5.32 Å². The number of carbonyl (C=O) groups is 1. The fraction of sp³-hybridized carbons (Fsp3) is 0.375. The summed E-state index contributed by atoms with van der Waals surface area (Å²) in [5.41, 5.74) is 1.02. The van der Waals surface area contributed by atoms with Crippen molar-refractivity contribution in [3.05, 3.63) is 35.9 Å². The van der Waals surface area contributed by atoms with Crippen LogP contribution in [-0.2, 0) is 0 Å². The Morgan fingerprint density at radius 2 is 2.05 bits per heavy atom. The first-order valence-corrected chi connectivity index (χ1v) is 7.21. The number of piperidine rings is 1. The van der Waals surface area contributed by atoms with Crippen LogP contribution in [0.4, 0.5) is 5.82 Å². The standard InChI is InChI=1S/C16H19N3O2/c1-19-8-6-11(7-9-19)17-15-10-13(16(20)21)12-4-2-3-5-14(12)18-15/h2-5,10-11H,6-9H2,1H3,(H,17,18)(H,20,21). The minimum Gasteiger partial charge on any atom is -0.478 e. The van der Waals surface area contributed by atoms with E-state index < -0.39 is 5.97 Å². The van der Waals surface area contributed by atoms with Gasteiger partial charge in [-0.2, -0.15) is 0 Å². The lowest BCUT2D eigenvalue weighted by Crippen LogP contribution is -2.36. The molecule has 0 atom stereocenters. The molecule has 110 valence electrons. The molecule has 1 aliphatic heterocycles. The molecule has 1 saturated heterocycles. The molecule has 1 aromatic heterocycles. The van der Waals surface area contributed by atoms with Crippen molar-refractivity contribution in [2.45, 2.75) is 18.9 Å². The van der Waals surface area contributed by atoms with Crippen LogP contribution in [-0.4, -0.2) is 47.1 Å². The summed E-state index contributed by atoms with van der Waals surface area (Å²) >= 11 is 0. The van der Waals surface area contributed by atoms with Gasteiger partial charge in [0.25, 0.3) is 0 Å². The average Bonchev–Trinajstić information content (AvgIpc) is 2.48. The van der Waals surface area contributed by atoms with E-state index in [9.17, 15) is 9.90 Å². The third-order valence-corrected chi connectivity index (χ3v) is 4.02. The molecule has 1 aliphatic rings. The van der Waals surface area contributed by atoms with Crippen molar-refractivity contribution in [2.24, 2.45) is 0 Å². The number of hydrogen-bond acceptors (Lipinski definition) is 4. The van der Waals surface area contributed by atoms with Crippen LogP contribution in [0.25, 0.3) is 10.9 Å². The molecule has 0 aliphatic carbocycles. The predicted octanol–water partition coefficient (Wildman–Crippen LogP) is 2.44. The number of likely N-dealkylation sites (tertiary alicyclic amines) is 1. The molecule has 5 nitrogen and oxygen atoms in total. The maximum Gasteiger partial charge on any atom is 0.336 e. The normalized spacial score (nSPS) is 17.0. The number of carboxylic acids is 1. The highest BCUT2D eigenvalue weighted by Gasteiger charge is 2.18. The summed E-state index contributed by atoms with van der Waals surface area (Å²) in [5, 5.41) is 13.5. The second kappa shape index (κ2) is 5.69. The van der Waals surface area contributed by atoms with E-state index in [-0.39, 0.29) is 0 Å². The van der Waals surface area contributed by atoms with Gasteiger partial charge in [-0.1, -0.05) is 18.2 Å². The first-order valence-electron chi connectivity index (χ1n) is 7.21. The van der Waals surface area contributed by atoms with Gasteiger partial charge >= 0.3 is 5.97 Å². The van der Waals surface area contributed by atoms with Gasteiger partial charge in [-0.3, -0.25) is 0 Å². The van der Waals surface area contributed by atoms with Gasteiger partial charge in [0, 0.05) is 11.4 Å². The molecule has 2 aromatic rings. The van der Waals surface area contributed by atoms with Gasteiger partial charge in [-0.05, 0) is 45.1 Å². The maximum atomic E-state index is 11.4. The zero-order chi connectivity index (χ0) is 14.8. The van der Waals surface area contributed by atoms with Gasteiger partial charge in [0.15, 0.2) is 0 Å². The molecule has 2 heterocycles. The predicted molar refractivity (Wildman–Crippen MR) is 82.8 cm³/mol. The Labute approximate surface area is 123 Å². The van der Waals surface area contributed by atoms with Crippen molar-refractivity contribution in [3.63, 3.8) is 0 Å². The monoisotopic (exact) mass is 285 g/mol. The highest BCUT2D eigenvalue weighted by molar-refractivity contribution is 6.03. The van der Waals surface area contributed by atoms with E-state index in [1.165, 1.54) is 0 Å². The van der Waals surface area contributed by atoms with Crippen molar-refractivity contribution < 1.29 is 9.90 Å². The largest absolute Gasteiger partial charge is 0.478 e. The van der Waals surface area contributed by atoms with Crippen LogP contribution in [0.2, 0.25) is 0 Å². The Morgan fingerprint density at radius 3 is 2.76 bits per heavy atom. The third kappa shape index (κ3) is 2.97. The number of anilines is 1. The highest BCUT2D eigenvalue weighted by Crippen LogP contribution is 2.22. The van der Waals surface area contributed by atoms with E-state index in [2.05, 4.69) is 22.2 Å². The number of aromatic nitrogens is 1. The van der Waals surface area contributed by atoms with Gasteiger partial charge < -0.3 is 15.3 Å². The SMILES string of the molecule is CN1CCC(Nc2cc(C(=O)O)c3ccccc3n2)CC1. The van der Waals surface area contributed by atoms with Crippen LogP contribution in [0, 0.1) is 0 Å². The molecular formula is C16H19N3O2. The first kappa shape index (κ1) is 13.8. The molecule has 2 N–H and O–H groups in total. The number of aromatic carboxylic acids is 1. The van der Waals surface area contributed by atoms with E-state index in [0.29, 0.717) is 28.3 Å². The highest BCUT2D eigenvalue weighted by atomic mass is 16.4. The van der Waals surface area contributed by atoms with Crippen LogP contribution in [0.5, 0.6) is 0 Å². The summed E-state index contributed by atoms with van der Waals surface area (Å²) in [5.74, 6) is -0.263. The smallest absolute Gasteiger partial charge is 0.336 e. The fourth-order valence-electron chi connectivity index (χ4n) is 2.79. The Balaban J connectivity index is 1.90. The topological polar surface area (TPSA) is 65.5 Å². The summed E-state index contributed by atoms with van der Waals surface area (Å²) in [6, 6.07) is 9.35. The zero-order valence-electron chi connectivity index (χ0n) is 12.0. The maximum absolute atomic E-state index is 11.4. The van der Waals surface area contributed by atoms with Crippen LogP contribution in [0.15, 0.2) is 30.3 Å². The Kier molecular flexibility index (Phi) is 3.75. The lowest BCUT2D eigenvalue weighted by Gasteiger charge is -2.29. The van der Waals surface area contributed by atoms with Crippen molar-refractivity contribution in [1.29, 1.82) is 0 Å². The molecule has 0 unspecified atom stereocenters. The van der Waals surface area contributed by atoms with Crippen molar-refractivity contribution in [3.8, 4) is 0 Å². The minimum atomic E-state index is -0.917. The van der Waals surface area contributed by atoms with Crippen molar-refractivity contribution >= 4 is 22.7 Å². The summed E-state index contributed by atoms with van der Waals surface area (Å²) < 4.78 is 0. The Morgan fingerprint density at radius 1 is 1.33 bits per heavy atom. The van der Waals surface area contributed by atoms with E-state index in [0.717, 1.165) is 25.9 Å². The van der Waals surface area contributed by atoms with E-state index in [4.69, 9.17) is 0 Å². The van der Waals surface area contributed by atoms with E-state index in [1.54, 1.807) is 12.1 Å². The molecule has 5 heteroatoms.